The van der Waals surface area contributed by atoms with Crippen molar-refractivity contribution in [3.63, 3.8) is 0 Å². The van der Waals surface area contributed by atoms with Gasteiger partial charge >= 0.3 is 5.69 Å². The quantitative estimate of drug-likeness (QED) is 0.624. The molecule has 21 heavy (non-hydrogen) atoms. The molecule has 0 unspecified atom stereocenters. The Morgan fingerprint density at radius 2 is 2.00 bits per heavy atom. The Morgan fingerprint density at radius 3 is 2.71 bits per heavy atom. The molecule has 6 heteroatoms. The first kappa shape index (κ1) is 15.5. The molecule has 0 fully saturated rings. The highest BCUT2D eigenvalue weighted by Gasteiger charge is 2.16. The first-order valence-corrected chi connectivity index (χ1v) is 7.31. The first-order valence-electron chi connectivity index (χ1n) is 6.52. The van der Waals surface area contributed by atoms with Crippen LogP contribution in [-0.2, 0) is 6.54 Å². The molecule has 2 aromatic carbocycles. The number of ether oxygens (including phenoxy) is 1. The van der Waals surface area contributed by atoms with Gasteiger partial charge in [0.05, 0.1) is 4.92 Å². The predicted octanol–water partition coefficient (Wildman–Crippen LogP) is 4.26. The van der Waals surface area contributed by atoms with Crippen molar-refractivity contribution >= 4 is 21.6 Å². The molecule has 0 spiro atoms. The summed E-state index contributed by atoms with van der Waals surface area (Å²) < 4.78 is 6.63. The zero-order valence-electron chi connectivity index (χ0n) is 11.5. The molecule has 0 heterocycles. The summed E-state index contributed by atoms with van der Waals surface area (Å²) in [4.78, 5) is 10.6. The molecule has 0 radical (unpaired) electrons. The third-order valence-corrected chi connectivity index (χ3v) is 3.37. The summed E-state index contributed by atoms with van der Waals surface area (Å²) in [6.45, 7) is 3.49. The van der Waals surface area contributed by atoms with Crippen molar-refractivity contribution in [1.82, 2.24) is 5.32 Å². The standard InChI is InChI=1S/C15H15BrN2O3/c1-2-17-10-11-7-8-12(16)9-15(11)21-14-6-4-3-5-13(14)18(19)20/h3-9,17H,2,10H2,1H3. The van der Waals surface area contributed by atoms with Crippen LogP contribution in [0, 0.1) is 10.1 Å². The number of hydrogen-bond acceptors (Lipinski definition) is 4. The number of nitro groups is 1. The van der Waals surface area contributed by atoms with Crippen molar-refractivity contribution < 1.29 is 9.66 Å². The Bertz CT molecular complexity index is 647. The van der Waals surface area contributed by atoms with Gasteiger partial charge in [-0.3, -0.25) is 10.1 Å². The lowest BCUT2D eigenvalue weighted by atomic mass is 10.2. The Labute approximate surface area is 131 Å². The lowest BCUT2D eigenvalue weighted by Gasteiger charge is -2.12. The topological polar surface area (TPSA) is 64.4 Å². The summed E-state index contributed by atoms with van der Waals surface area (Å²) in [5.41, 5.74) is 0.894. The van der Waals surface area contributed by atoms with Crippen LogP contribution in [0.25, 0.3) is 0 Å². The average molecular weight is 351 g/mol. The van der Waals surface area contributed by atoms with E-state index in [0.29, 0.717) is 12.3 Å². The summed E-state index contributed by atoms with van der Waals surface area (Å²) in [5, 5.41) is 14.3. The molecule has 5 nitrogen and oxygen atoms in total. The molecule has 2 rings (SSSR count). The smallest absolute Gasteiger partial charge is 0.311 e. The first-order chi connectivity index (χ1) is 10.1. The van der Waals surface area contributed by atoms with E-state index in [4.69, 9.17) is 4.74 Å². The van der Waals surface area contributed by atoms with E-state index in [2.05, 4.69) is 21.2 Å². The highest BCUT2D eigenvalue weighted by atomic mass is 79.9. The fraction of sp³-hybridized carbons (Fsp3) is 0.200. The van der Waals surface area contributed by atoms with Crippen molar-refractivity contribution in [2.75, 3.05) is 6.54 Å². The number of nitrogens with zero attached hydrogens (tertiary/aromatic N) is 1. The fourth-order valence-corrected chi connectivity index (χ4v) is 2.18. The number of hydrogen-bond donors (Lipinski definition) is 1. The largest absolute Gasteiger partial charge is 0.450 e. The van der Waals surface area contributed by atoms with Gasteiger partial charge in [0.1, 0.15) is 5.75 Å². The van der Waals surface area contributed by atoms with E-state index in [-0.39, 0.29) is 11.4 Å². The monoisotopic (exact) mass is 350 g/mol. The van der Waals surface area contributed by atoms with E-state index >= 15 is 0 Å². The van der Waals surface area contributed by atoms with Gasteiger partial charge in [-0.15, -0.1) is 0 Å². The molecular formula is C15H15BrN2O3. The van der Waals surface area contributed by atoms with E-state index in [1.165, 1.54) is 6.07 Å². The van der Waals surface area contributed by atoms with Crippen LogP contribution in [0.15, 0.2) is 46.9 Å². The molecule has 0 aliphatic carbocycles. The second-order valence-electron chi connectivity index (χ2n) is 4.36. The number of rotatable bonds is 6. The van der Waals surface area contributed by atoms with Gasteiger partial charge in [-0.25, -0.2) is 0 Å². The van der Waals surface area contributed by atoms with E-state index in [1.807, 2.05) is 25.1 Å². The van der Waals surface area contributed by atoms with Crippen LogP contribution in [0.5, 0.6) is 11.5 Å². The van der Waals surface area contributed by atoms with Crippen LogP contribution >= 0.6 is 15.9 Å². The van der Waals surface area contributed by atoms with Crippen LogP contribution in [0.3, 0.4) is 0 Å². The Hall–Kier alpha value is -1.92. The molecule has 0 saturated carbocycles. The number of benzene rings is 2. The van der Waals surface area contributed by atoms with Gasteiger partial charge in [-0.1, -0.05) is 41.1 Å². The molecule has 0 saturated heterocycles. The second kappa shape index (κ2) is 7.19. The van der Waals surface area contributed by atoms with Gasteiger partial charge in [0.2, 0.25) is 5.75 Å². The van der Waals surface area contributed by atoms with Gasteiger partial charge in [-0.05, 0) is 24.7 Å². The minimum absolute atomic E-state index is 0.0492. The predicted molar refractivity (Wildman–Crippen MR) is 84.7 cm³/mol. The van der Waals surface area contributed by atoms with Crippen LogP contribution in [-0.4, -0.2) is 11.5 Å². The minimum atomic E-state index is -0.447. The number of nitro benzene ring substituents is 1. The fourth-order valence-electron chi connectivity index (χ4n) is 1.84. The maximum absolute atomic E-state index is 11.0. The van der Waals surface area contributed by atoms with Gasteiger partial charge in [0, 0.05) is 22.6 Å². The zero-order chi connectivity index (χ0) is 15.2. The maximum Gasteiger partial charge on any atom is 0.311 e. The molecule has 0 aromatic heterocycles. The minimum Gasteiger partial charge on any atom is -0.450 e. The Kier molecular flexibility index (Phi) is 5.30. The van der Waals surface area contributed by atoms with E-state index in [1.54, 1.807) is 18.2 Å². The van der Waals surface area contributed by atoms with Crippen LogP contribution in [0.4, 0.5) is 5.69 Å². The van der Waals surface area contributed by atoms with Crippen molar-refractivity contribution in [2.24, 2.45) is 0 Å². The molecular weight excluding hydrogens is 336 g/mol. The van der Waals surface area contributed by atoms with Crippen LogP contribution in [0.2, 0.25) is 0 Å². The summed E-state index contributed by atoms with van der Waals surface area (Å²) in [6.07, 6.45) is 0. The third-order valence-electron chi connectivity index (χ3n) is 2.88. The van der Waals surface area contributed by atoms with Crippen LogP contribution < -0.4 is 10.1 Å². The second-order valence-corrected chi connectivity index (χ2v) is 5.27. The number of para-hydroxylation sites is 2. The van der Waals surface area contributed by atoms with Crippen molar-refractivity contribution in [1.29, 1.82) is 0 Å². The Balaban J connectivity index is 2.34. The molecule has 0 bridgehead atoms. The summed E-state index contributed by atoms with van der Waals surface area (Å²) in [6, 6.07) is 12.0. The summed E-state index contributed by atoms with van der Waals surface area (Å²) >= 11 is 3.39. The van der Waals surface area contributed by atoms with Crippen molar-refractivity contribution in [3.8, 4) is 11.5 Å². The van der Waals surface area contributed by atoms with Gasteiger partial charge in [0.25, 0.3) is 0 Å². The highest BCUT2D eigenvalue weighted by Crippen LogP contribution is 2.34. The molecule has 0 aliphatic heterocycles. The maximum atomic E-state index is 11.0. The third kappa shape index (κ3) is 4.03. The normalized spacial score (nSPS) is 10.4. The van der Waals surface area contributed by atoms with Crippen molar-refractivity contribution in [3.05, 3.63) is 62.6 Å². The van der Waals surface area contributed by atoms with Gasteiger partial charge < -0.3 is 10.1 Å². The zero-order valence-corrected chi connectivity index (χ0v) is 13.1. The molecule has 0 atom stereocenters. The highest BCUT2D eigenvalue weighted by molar-refractivity contribution is 9.10. The summed E-state index contributed by atoms with van der Waals surface area (Å²) in [5.74, 6) is 0.831. The summed E-state index contributed by atoms with van der Waals surface area (Å²) in [7, 11) is 0. The van der Waals surface area contributed by atoms with Gasteiger partial charge in [-0.2, -0.15) is 0 Å². The molecule has 110 valence electrons. The lowest BCUT2D eigenvalue weighted by Crippen LogP contribution is -2.12. The SMILES string of the molecule is CCNCc1ccc(Br)cc1Oc1ccccc1[N+](=O)[O-]. The molecule has 0 aliphatic rings. The number of halogens is 1. The molecule has 1 N–H and O–H groups in total. The van der Waals surface area contributed by atoms with Crippen molar-refractivity contribution in [2.45, 2.75) is 13.5 Å². The average Bonchev–Trinajstić information content (AvgIpc) is 2.47. The lowest BCUT2D eigenvalue weighted by molar-refractivity contribution is -0.385. The van der Waals surface area contributed by atoms with Crippen LogP contribution in [0.1, 0.15) is 12.5 Å². The van der Waals surface area contributed by atoms with E-state index < -0.39 is 4.92 Å². The van der Waals surface area contributed by atoms with E-state index in [0.717, 1.165) is 16.6 Å². The number of nitrogens with one attached hydrogen (secondary N) is 1. The molecule has 0 amide bonds. The van der Waals surface area contributed by atoms with Gasteiger partial charge in [0.15, 0.2) is 0 Å². The molecule has 2 aromatic rings. The van der Waals surface area contributed by atoms with E-state index in [9.17, 15) is 10.1 Å². The Morgan fingerprint density at radius 1 is 1.24 bits per heavy atom.